The Morgan fingerprint density at radius 3 is 2.74 bits per heavy atom. The van der Waals surface area contributed by atoms with Gasteiger partial charge in [0.25, 0.3) is 0 Å². The zero-order valence-corrected chi connectivity index (χ0v) is 13.0. The molecule has 2 nitrogen and oxygen atoms in total. The fourth-order valence-electron chi connectivity index (χ4n) is 2.09. The van der Waals surface area contributed by atoms with Gasteiger partial charge in [-0.05, 0) is 30.5 Å². The smallest absolute Gasteiger partial charge is 0.185 e. The molecule has 1 aliphatic carbocycles. The molecule has 0 saturated heterocycles. The van der Waals surface area contributed by atoms with Crippen LogP contribution in [0.5, 0.6) is 0 Å². The molecule has 1 heterocycles. The van der Waals surface area contributed by atoms with Gasteiger partial charge in [0, 0.05) is 15.9 Å². The van der Waals surface area contributed by atoms with E-state index in [2.05, 4.69) is 61.7 Å². The van der Waals surface area contributed by atoms with Gasteiger partial charge >= 0.3 is 0 Å². The van der Waals surface area contributed by atoms with Gasteiger partial charge in [0.15, 0.2) is 4.80 Å². The van der Waals surface area contributed by atoms with E-state index in [4.69, 9.17) is 0 Å². The minimum Gasteiger partial charge on any atom is -0.314 e. The molecule has 0 unspecified atom stereocenters. The highest BCUT2D eigenvalue weighted by Crippen LogP contribution is 2.38. The van der Waals surface area contributed by atoms with E-state index < -0.39 is 0 Å². The number of rotatable bonds is 4. The fraction of sp³-hybridized carbons (Fsp3) is 0.267. The zero-order chi connectivity index (χ0) is 13.2. The first-order chi connectivity index (χ1) is 9.29. The Kier molecular flexibility index (Phi) is 3.71. The molecule has 4 heteroatoms. The molecule has 0 bridgehead atoms. The van der Waals surface area contributed by atoms with Gasteiger partial charge in [0.1, 0.15) is 0 Å². The second-order valence-electron chi connectivity index (χ2n) is 4.64. The van der Waals surface area contributed by atoms with Crippen molar-refractivity contribution in [2.75, 3.05) is 6.54 Å². The summed E-state index contributed by atoms with van der Waals surface area (Å²) < 4.78 is 3.50. The third-order valence-electron chi connectivity index (χ3n) is 3.15. The topological polar surface area (TPSA) is 17.3 Å². The molecule has 0 spiro atoms. The van der Waals surface area contributed by atoms with Crippen molar-refractivity contribution in [3.8, 4) is 11.3 Å². The highest BCUT2D eigenvalue weighted by atomic mass is 79.9. The molecule has 0 radical (unpaired) electrons. The van der Waals surface area contributed by atoms with Gasteiger partial charge in [-0.25, -0.2) is 0 Å². The fourth-order valence-corrected chi connectivity index (χ4v) is 3.34. The van der Waals surface area contributed by atoms with E-state index in [1.54, 1.807) is 11.3 Å². The van der Waals surface area contributed by atoms with Crippen LogP contribution in [0.3, 0.4) is 0 Å². The summed E-state index contributed by atoms with van der Waals surface area (Å²) in [4.78, 5) is 5.72. The van der Waals surface area contributed by atoms with Crippen LogP contribution in [0.2, 0.25) is 0 Å². The maximum Gasteiger partial charge on any atom is 0.185 e. The molecular formula is C15H15BrN2S. The van der Waals surface area contributed by atoms with Gasteiger partial charge < -0.3 is 4.57 Å². The standard InChI is InChI=1S/C15H15BrN2S/c1-2-9-17-15-18(13-7-8-13)14(10-19-15)11-3-5-12(16)6-4-11/h2-6,10,13H,1,7-9H2. The molecule has 0 atom stereocenters. The molecule has 98 valence electrons. The van der Waals surface area contributed by atoms with Crippen molar-refractivity contribution in [1.29, 1.82) is 0 Å². The molecule has 0 amide bonds. The average Bonchev–Trinajstić information content (AvgIpc) is 3.18. The number of halogens is 1. The van der Waals surface area contributed by atoms with Crippen LogP contribution in [-0.2, 0) is 0 Å². The number of hydrogen-bond acceptors (Lipinski definition) is 2. The van der Waals surface area contributed by atoms with Crippen LogP contribution in [0.25, 0.3) is 11.3 Å². The third kappa shape index (κ3) is 2.74. The first-order valence-electron chi connectivity index (χ1n) is 6.37. The normalized spacial score (nSPS) is 15.7. The summed E-state index contributed by atoms with van der Waals surface area (Å²) in [5.74, 6) is 0. The van der Waals surface area contributed by atoms with Crippen molar-refractivity contribution >= 4 is 27.3 Å². The van der Waals surface area contributed by atoms with E-state index in [9.17, 15) is 0 Å². The lowest BCUT2D eigenvalue weighted by Gasteiger charge is -2.07. The summed E-state index contributed by atoms with van der Waals surface area (Å²) in [5, 5.41) is 2.21. The average molecular weight is 335 g/mol. The van der Waals surface area contributed by atoms with Crippen LogP contribution in [-0.4, -0.2) is 11.1 Å². The summed E-state index contributed by atoms with van der Waals surface area (Å²) in [6.45, 7) is 4.42. The van der Waals surface area contributed by atoms with Crippen molar-refractivity contribution < 1.29 is 0 Å². The van der Waals surface area contributed by atoms with E-state index in [0.717, 1.165) is 9.27 Å². The van der Waals surface area contributed by atoms with Crippen LogP contribution in [0.1, 0.15) is 18.9 Å². The van der Waals surface area contributed by atoms with Crippen LogP contribution in [0, 0.1) is 0 Å². The summed E-state index contributed by atoms with van der Waals surface area (Å²) in [7, 11) is 0. The zero-order valence-electron chi connectivity index (χ0n) is 10.6. The van der Waals surface area contributed by atoms with Gasteiger partial charge in [-0.2, -0.15) is 0 Å². The highest BCUT2D eigenvalue weighted by molar-refractivity contribution is 9.10. The van der Waals surface area contributed by atoms with E-state index in [1.807, 2.05) is 6.08 Å². The molecule has 2 aromatic rings. The Morgan fingerprint density at radius 1 is 1.37 bits per heavy atom. The minimum atomic E-state index is 0.633. The largest absolute Gasteiger partial charge is 0.314 e. The SMILES string of the molecule is C=CCN=c1scc(-c2ccc(Br)cc2)n1C1CC1. The molecular weight excluding hydrogens is 320 g/mol. The van der Waals surface area contributed by atoms with Crippen molar-refractivity contribution in [2.24, 2.45) is 4.99 Å². The lowest BCUT2D eigenvalue weighted by molar-refractivity contribution is 0.718. The Balaban J connectivity index is 2.08. The van der Waals surface area contributed by atoms with Crippen molar-refractivity contribution in [3.63, 3.8) is 0 Å². The Hall–Kier alpha value is -1.13. The third-order valence-corrected chi connectivity index (χ3v) is 4.56. The number of hydrogen-bond donors (Lipinski definition) is 0. The lowest BCUT2D eigenvalue weighted by atomic mass is 10.2. The Labute approximate surface area is 125 Å². The van der Waals surface area contributed by atoms with Gasteiger partial charge in [-0.1, -0.05) is 34.1 Å². The molecule has 0 N–H and O–H groups in total. The van der Waals surface area contributed by atoms with Gasteiger partial charge in [0.05, 0.1) is 12.2 Å². The van der Waals surface area contributed by atoms with Crippen LogP contribution in [0.15, 0.2) is 51.8 Å². The minimum absolute atomic E-state index is 0.633. The molecule has 3 rings (SSSR count). The van der Waals surface area contributed by atoms with Gasteiger partial charge in [0.2, 0.25) is 0 Å². The van der Waals surface area contributed by atoms with E-state index in [0.29, 0.717) is 12.6 Å². The lowest BCUT2D eigenvalue weighted by Crippen LogP contribution is -2.15. The highest BCUT2D eigenvalue weighted by Gasteiger charge is 2.27. The number of nitrogens with zero attached hydrogens (tertiary/aromatic N) is 2. The Bertz CT molecular complexity index is 648. The number of aromatic nitrogens is 1. The monoisotopic (exact) mass is 334 g/mol. The van der Waals surface area contributed by atoms with Crippen LogP contribution < -0.4 is 4.80 Å². The maximum atomic E-state index is 4.60. The summed E-state index contributed by atoms with van der Waals surface area (Å²) in [6, 6.07) is 9.12. The Morgan fingerprint density at radius 2 is 2.11 bits per heavy atom. The second kappa shape index (κ2) is 5.47. The van der Waals surface area contributed by atoms with Crippen LogP contribution in [0.4, 0.5) is 0 Å². The molecule has 1 fully saturated rings. The van der Waals surface area contributed by atoms with E-state index in [1.165, 1.54) is 24.1 Å². The molecule has 19 heavy (non-hydrogen) atoms. The number of benzene rings is 1. The summed E-state index contributed by atoms with van der Waals surface area (Å²) >= 11 is 5.20. The van der Waals surface area contributed by atoms with E-state index in [-0.39, 0.29) is 0 Å². The predicted molar refractivity (Wildman–Crippen MR) is 84.3 cm³/mol. The number of thiazole rings is 1. The first kappa shape index (κ1) is 12.9. The van der Waals surface area contributed by atoms with Crippen molar-refractivity contribution in [2.45, 2.75) is 18.9 Å². The van der Waals surface area contributed by atoms with Gasteiger partial charge in [-0.3, -0.25) is 4.99 Å². The first-order valence-corrected chi connectivity index (χ1v) is 8.04. The second-order valence-corrected chi connectivity index (χ2v) is 6.39. The van der Waals surface area contributed by atoms with Crippen molar-refractivity contribution in [3.05, 3.63) is 51.6 Å². The molecule has 1 aliphatic rings. The van der Waals surface area contributed by atoms with E-state index >= 15 is 0 Å². The summed E-state index contributed by atoms with van der Waals surface area (Å²) in [6.07, 6.45) is 4.37. The van der Waals surface area contributed by atoms with Crippen molar-refractivity contribution in [1.82, 2.24) is 4.57 Å². The quantitative estimate of drug-likeness (QED) is 0.737. The summed E-state index contributed by atoms with van der Waals surface area (Å²) in [5.41, 5.74) is 2.54. The van der Waals surface area contributed by atoms with Crippen LogP contribution >= 0.6 is 27.3 Å². The molecule has 1 saturated carbocycles. The predicted octanol–water partition coefficient (Wildman–Crippen LogP) is 4.40. The maximum absolute atomic E-state index is 4.60. The molecule has 0 aliphatic heterocycles. The molecule has 1 aromatic heterocycles. The molecule has 1 aromatic carbocycles. The van der Waals surface area contributed by atoms with Gasteiger partial charge in [-0.15, -0.1) is 17.9 Å².